The number of carbonyl (C=O) groups excluding carboxylic acids is 1. The number of carbonyl (C=O) groups is 1. The van der Waals surface area contributed by atoms with E-state index in [2.05, 4.69) is 5.32 Å². The van der Waals surface area contributed by atoms with Crippen molar-refractivity contribution in [3.8, 4) is 0 Å². The molecule has 0 aliphatic carbocycles. The quantitative estimate of drug-likeness (QED) is 0.944. The van der Waals surface area contributed by atoms with Crippen LogP contribution in [0.25, 0.3) is 11.0 Å². The Hall–Kier alpha value is -1.52. The predicted octanol–water partition coefficient (Wildman–Crippen LogP) is 3.30. The zero-order valence-electron chi connectivity index (χ0n) is 11.2. The summed E-state index contributed by atoms with van der Waals surface area (Å²) in [6.07, 6.45) is 2.16. The fourth-order valence-corrected chi connectivity index (χ4v) is 2.73. The molecule has 1 saturated heterocycles. The maximum atomic E-state index is 12.2. The first-order valence-electron chi connectivity index (χ1n) is 6.74. The van der Waals surface area contributed by atoms with E-state index in [1.807, 2.05) is 19.1 Å². The van der Waals surface area contributed by atoms with Crippen LogP contribution in [0, 0.1) is 6.92 Å². The van der Waals surface area contributed by atoms with Gasteiger partial charge in [0.05, 0.1) is 11.1 Å². The van der Waals surface area contributed by atoms with Crippen LogP contribution in [-0.2, 0) is 4.74 Å². The third-order valence-electron chi connectivity index (χ3n) is 3.64. The summed E-state index contributed by atoms with van der Waals surface area (Å²) in [5.74, 6) is 0.108. The Morgan fingerprint density at radius 1 is 1.50 bits per heavy atom. The zero-order valence-corrected chi connectivity index (χ0v) is 12.0. The van der Waals surface area contributed by atoms with Crippen molar-refractivity contribution >= 4 is 28.5 Å². The van der Waals surface area contributed by atoms with Gasteiger partial charge >= 0.3 is 0 Å². The lowest BCUT2D eigenvalue weighted by molar-refractivity contribution is 0.0836. The molecule has 1 atom stereocenters. The lowest BCUT2D eigenvalue weighted by atomic mass is 10.1. The molecule has 20 heavy (non-hydrogen) atoms. The normalized spacial score (nSPS) is 18.6. The van der Waals surface area contributed by atoms with Crippen molar-refractivity contribution in [2.45, 2.75) is 25.9 Å². The first-order chi connectivity index (χ1) is 9.66. The fourth-order valence-electron chi connectivity index (χ4n) is 2.52. The number of ether oxygens (including phenoxy) is 1. The van der Waals surface area contributed by atoms with Crippen molar-refractivity contribution in [1.29, 1.82) is 0 Å². The Kier molecular flexibility index (Phi) is 3.68. The lowest BCUT2D eigenvalue weighted by Gasteiger charge is -2.09. The van der Waals surface area contributed by atoms with Gasteiger partial charge in [-0.1, -0.05) is 23.7 Å². The smallest absolute Gasteiger partial charge is 0.287 e. The summed E-state index contributed by atoms with van der Waals surface area (Å²) < 4.78 is 11.1. The maximum Gasteiger partial charge on any atom is 0.287 e. The molecule has 1 aliphatic rings. The van der Waals surface area contributed by atoms with Crippen LogP contribution >= 0.6 is 11.6 Å². The third-order valence-corrected chi connectivity index (χ3v) is 3.93. The first-order valence-corrected chi connectivity index (χ1v) is 7.12. The summed E-state index contributed by atoms with van der Waals surface area (Å²) in [7, 11) is 0. The molecule has 4 nitrogen and oxygen atoms in total. The standard InChI is InChI=1S/C15H16ClNO3/c1-9-11-5-2-6-12(16)14(11)20-13(9)15(18)17-8-10-4-3-7-19-10/h2,5-6,10H,3-4,7-8H2,1H3,(H,17,18)/t10-/m1/s1. The molecule has 0 radical (unpaired) electrons. The van der Waals surface area contributed by atoms with Crippen LogP contribution in [0.15, 0.2) is 22.6 Å². The molecule has 0 spiro atoms. The molecule has 1 aromatic carbocycles. The number of para-hydroxylation sites is 1. The van der Waals surface area contributed by atoms with E-state index in [0.29, 0.717) is 22.9 Å². The van der Waals surface area contributed by atoms with Gasteiger partial charge in [0.15, 0.2) is 11.3 Å². The fraction of sp³-hybridized carbons (Fsp3) is 0.400. The molecule has 0 saturated carbocycles. The number of nitrogens with one attached hydrogen (secondary N) is 1. The molecule has 0 bridgehead atoms. The Morgan fingerprint density at radius 2 is 2.35 bits per heavy atom. The van der Waals surface area contributed by atoms with Gasteiger partial charge < -0.3 is 14.5 Å². The molecule has 5 heteroatoms. The Bertz CT molecular complexity index is 644. The largest absolute Gasteiger partial charge is 0.449 e. The van der Waals surface area contributed by atoms with Crippen molar-refractivity contribution in [2.75, 3.05) is 13.2 Å². The maximum absolute atomic E-state index is 12.2. The lowest BCUT2D eigenvalue weighted by Crippen LogP contribution is -2.31. The summed E-state index contributed by atoms with van der Waals surface area (Å²) in [5, 5.41) is 4.25. The van der Waals surface area contributed by atoms with E-state index in [-0.39, 0.29) is 12.0 Å². The van der Waals surface area contributed by atoms with Crippen molar-refractivity contribution in [3.05, 3.63) is 34.5 Å². The third kappa shape index (κ3) is 2.41. The molecule has 1 fully saturated rings. The second-order valence-corrected chi connectivity index (χ2v) is 5.42. The molecule has 2 heterocycles. The number of aryl methyl sites for hydroxylation is 1. The van der Waals surface area contributed by atoms with Gasteiger partial charge in [0.1, 0.15) is 0 Å². The molecule has 2 aromatic rings. The van der Waals surface area contributed by atoms with Gasteiger partial charge in [-0.05, 0) is 25.8 Å². The van der Waals surface area contributed by atoms with Crippen LogP contribution in [0.2, 0.25) is 5.02 Å². The van der Waals surface area contributed by atoms with E-state index in [1.165, 1.54) is 0 Å². The van der Waals surface area contributed by atoms with Gasteiger partial charge in [-0.2, -0.15) is 0 Å². The van der Waals surface area contributed by atoms with Crippen molar-refractivity contribution in [1.82, 2.24) is 5.32 Å². The topological polar surface area (TPSA) is 51.5 Å². The van der Waals surface area contributed by atoms with Crippen LogP contribution in [0.3, 0.4) is 0 Å². The highest BCUT2D eigenvalue weighted by atomic mass is 35.5. The first kappa shape index (κ1) is 13.5. The number of furan rings is 1. The van der Waals surface area contributed by atoms with Gasteiger partial charge in [-0.15, -0.1) is 0 Å². The van der Waals surface area contributed by atoms with Gasteiger partial charge in [0.2, 0.25) is 0 Å². The highest BCUT2D eigenvalue weighted by Crippen LogP contribution is 2.30. The summed E-state index contributed by atoms with van der Waals surface area (Å²) in [6, 6.07) is 5.50. The minimum atomic E-state index is -0.217. The van der Waals surface area contributed by atoms with E-state index in [4.69, 9.17) is 20.8 Å². The highest BCUT2D eigenvalue weighted by Gasteiger charge is 2.21. The monoisotopic (exact) mass is 293 g/mol. The number of amides is 1. The molecule has 1 aromatic heterocycles. The molecular weight excluding hydrogens is 278 g/mol. The van der Waals surface area contributed by atoms with Crippen LogP contribution in [0.4, 0.5) is 0 Å². The molecular formula is C15H16ClNO3. The van der Waals surface area contributed by atoms with E-state index in [9.17, 15) is 4.79 Å². The number of halogens is 1. The van der Waals surface area contributed by atoms with E-state index < -0.39 is 0 Å². The average Bonchev–Trinajstić information content (AvgIpc) is 3.06. The van der Waals surface area contributed by atoms with Gasteiger partial charge in [-0.25, -0.2) is 0 Å². The van der Waals surface area contributed by atoms with Crippen LogP contribution in [0.5, 0.6) is 0 Å². The van der Waals surface area contributed by atoms with Gasteiger partial charge in [0.25, 0.3) is 5.91 Å². The Balaban J connectivity index is 1.80. The minimum absolute atomic E-state index is 0.118. The number of benzene rings is 1. The van der Waals surface area contributed by atoms with Gasteiger partial charge in [-0.3, -0.25) is 4.79 Å². The molecule has 1 aliphatic heterocycles. The summed E-state index contributed by atoms with van der Waals surface area (Å²) in [5.41, 5.74) is 1.38. The zero-order chi connectivity index (χ0) is 14.1. The highest BCUT2D eigenvalue weighted by molar-refractivity contribution is 6.35. The second-order valence-electron chi connectivity index (χ2n) is 5.02. The summed E-state index contributed by atoms with van der Waals surface area (Å²) in [6.45, 7) is 3.16. The average molecular weight is 294 g/mol. The number of hydrogen-bond donors (Lipinski definition) is 1. The number of hydrogen-bond acceptors (Lipinski definition) is 3. The summed E-state index contributed by atoms with van der Waals surface area (Å²) in [4.78, 5) is 12.2. The molecule has 1 amide bonds. The molecule has 1 N–H and O–H groups in total. The van der Waals surface area contributed by atoms with Crippen LogP contribution in [0.1, 0.15) is 29.0 Å². The number of fused-ring (bicyclic) bond motifs is 1. The molecule has 3 rings (SSSR count). The van der Waals surface area contributed by atoms with Crippen LogP contribution in [-0.4, -0.2) is 25.2 Å². The van der Waals surface area contributed by atoms with E-state index >= 15 is 0 Å². The van der Waals surface area contributed by atoms with Gasteiger partial charge in [0, 0.05) is 24.1 Å². The second kappa shape index (κ2) is 5.46. The Morgan fingerprint density at radius 3 is 3.05 bits per heavy atom. The number of rotatable bonds is 3. The predicted molar refractivity (Wildman–Crippen MR) is 77.3 cm³/mol. The van der Waals surface area contributed by atoms with Crippen molar-refractivity contribution < 1.29 is 13.9 Å². The molecule has 106 valence electrons. The van der Waals surface area contributed by atoms with Crippen molar-refractivity contribution in [3.63, 3.8) is 0 Å². The van der Waals surface area contributed by atoms with Crippen molar-refractivity contribution in [2.24, 2.45) is 0 Å². The Labute approximate surface area is 122 Å². The van der Waals surface area contributed by atoms with Crippen LogP contribution < -0.4 is 5.32 Å². The van der Waals surface area contributed by atoms with E-state index in [1.54, 1.807) is 6.07 Å². The van der Waals surface area contributed by atoms with E-state index in [0.717, 1.165) is 30.4 Å². The SMILES string of the molecule is Cc1c(C(=O)NC[C@H]2CCCO2)oc2c(Cl)cccc12. The minimum Gasteiger partial charge on any atom is -0.449 e. The summed E-state index contributed by atoms with van der Waals surface area (Å²) >= 11 is 6.08. The molecule has 0 unspecified atom stereocenters.